The van der Waals surface area contributed by atoms with Crippen molar-refractivity contribution in [3.63, 3.8) is 0 Å². The molecule has 2 aromatic carbocycles. The molecular formula is C25H30O5. The lowest BCUT2D eigenvalue weighted by molar-refractivity contribution is -0.157. The first-order valence-corrected chi connectivity index (χ1v) is 10.6. The Bertz CT molecular complexity index is 723. The molecule has 0 aromatic heterocycles. The van der Waals surface area contributed by atoms with Crippen LogP contribution in [0.2, 0.25) is 0 Å². The van der Waals surface area contributed by atoms with Crippen molar-refractivity contribution in [2.75, 3.05) is 0 Å². The van der Waals surface area contributed by atoms with Gasteiger partial charge in [-0.2, -0.15) is 0 Å². The van der Waals surface area contributed by atoms with Crippen molar-refractivity contribution in [3.05, 3.63) is 71.8 Å². The average Bonchev–Trinajstić information content (AvgIpc) is 2.73. The van der Waals surface area contributed by atoms with E-state index in [-0.39, 0.29) is 29.9 Å². The van der Waals surface area contributed by atoms with Crippen molar-refractivity contribution in [2.24, 2.45) is 17.8 Å². The van der Waals surface area contributed by atoms with E-state index in [0.29, 0.717) is 32.0 Å². The molecule has 5 nitrogen and oxygen atoms in total. The maximum absolute atomic E-state index is 11.5. The molecule has 0 heterocycles. The van der Waals surface area contributed by atoms with Crippen molar-refractivity contribution in [1.82, 2.24) is 0 Å². The van der Waals surface area contributed by atoms with E-state index in [9.17, 15) is 9.59 Å². The van der Waals surface area contributed by atoms with Crippen molar-refractivity contribution in [3.8, 4) is 0 Å². The van der Waals surface area contributed by atoms with Gasteiger partial charge in [0, 0.05) is 0 Å². The van der Waals surface area contributed by atoms with E-state index in [1.807, 2.05) is 60.7 Å². The maximum atomic E-state index is 11.5. The normalized spacial score (nSPS) is 24.3. The molecule has 2 aliphatic carbocycles. The minimum absolute atomic E-state index is 0.0306. The number of carbonyl (C=O) groups excluding carboxylic acids is 2. The number of esters is 2. The minimum Gasteiger partial charge on any atom is -0.461 e. The van der Waals surface area contributed by atoms with E-state index in [1.54, 1.807) is 0 Å². The number of hydrogen-bond donors (Lipinski definition) is 1. The van der Waals surface area contributed by atoms with Crippen LogP contribution in [0.5, 0.6) is 0 Å². The highest BCUT2D eigenvalue weighted by Crippen LogP contribution is 2.34. The fourth-order valence-corrected chi connectivity index (χ4v) is 3.57. The molecule has 0 bridgehead atoms. The van der Waals surface area contributed by atoms with E-state index in [4.69, 9.17) is 14.6 Å². The molecule has 0 radical (unpaired) electrons. The number of carbonyl (C=O) groups is 2. The fraction of sp³-hybridized carbons (Fsp3) is 0.440. The van der Waals surface area contributed by atoms with Crippen LogP contribution in [0.25, 0.3) is 0 Å². The van der Waals surface area contributed by atoms with E-state index >= 15 is 0 Å². The highest BCUT2D eigenvalue weighted by Gasteiger charge is 2.34. The Labute approximate surface area is 178 Å². The lowest BCUT2D eigenvalue weighted by Crippen LogP contribution is -2.35. The topological polar surface area (TPSA) is 72.8 Å². The van der Waals surface area contributed by atoms with Gasteiger partial charge in [-0.05, 0) is 42.7 Å². The summed E-state index contributed by atoms with van der Waals surface area (Å²) in [4.78, 5) is 22.9. The minimum atomic E-state index is -0.306. The number of hydrogen-bond acceptors (Lipinski definition) is 5. The van der Waals surface area contributed by atoms with Crippen LogP contribution in [0.4, 0.5) is 0 Å². The highest BCUT2D eigenvalue weighted by atomic mass is 16.5. The molecular weight excluding hydrogens is 380 g/mol. The molecule has 5 heteroatoms. The molecule has 30 heavy (non-hydrogen) atoms. The van der Waals surface area contributed by atoms with E-state index < -0.39 is 0 Å². The van der Waals surface area contributed by atoms with Gasteiger partial charge in [0.15, 0.2) is 0 Å². The van der Waals surface area contributed by atoms with Crippen molar-refractivity contribution in [2.45, 2.75) is 51.9 Å². The molecule has 160 valence electrons. The summed E-state index contributed by atoms with van der Waals surface area (Å²) in [5.41, 5.74) is 2.05. The van der Waals surface area contributed by atoms with Crippen LogP contribution in [-0.2, 0) is 32.3 Å². The third kappa shape index (κ3) is 6.70. The summed E-state index contributed by atoms with van der Waals surface area (Å²) >= 11 is 0. The van der Waals surface area contributed by atoms with Crippen LogP contribution in [0.15, 0.2) is 60.7 Å². The molecule has 0 amide bonds. The second kappa shape index (κ2) is 10.9. The number of aliphatic hydroxyl groups excluding tert-OH is 1. The van der Waals surface area contributed by atoms with Crippen LogP contribution >= 0.6 is 0 Å². The smallest absolute Gasteiger partial charge is 0.309 e. The van der Waals surface area contributed by atoms with Crippen LogP contribution in [0.3, 0.4) is 0 Å². The van der Waals surface area contributed by atoms with Gasteiger partial charge < -0.3 is 14.6 Å². The molecule has 4 rings (SSSR count). The molecule has 2 fully saturated rings. The quantitative estimate of drug-likeness (QED) is 0.720. The average molecular weight is 411 g/mol. The molecule has 0 aliphatic heterocycles. The SMILES string of the molecule is CC1CC(C(=O)OCc2ccccc2)C1.O=C(OCc1ccccc1)C1CC(O)C1. The van der Waals surface area contributed by atoms with Crippen molar-refractivity contribution in [1.29, 1.82) is 0 Å². The predicted molar refractivity (Wildman–Crippen MR) is 113 cm³/mol. The van der Waals surface area contributed by atoms with Gasteiger partial charge in [0.2, 0.25) is 0 Å². The summed E-state index contributed by atoms with van der Waals surface area (Å²) in [6.45, 7) is 2.90. The zero-order chi connectivity index (χ0) is 21.3. The molecule has 0 unspecified atom stereocenters. The van der Waals surface area contributed by atoms with E-state index in [0.717, 1.165) is 24.0 Å². The zero-order valence-corrected chi connectivity index (χ0v) is 17.4. The Morgan fingerprint density at radius 2 is 1.17 bits per heavy atom. The summed E-state index contributed by atoms with van der Waals surface area (Å²) in [5, 5.41) is 9.04. The lowest BCUT2D eigenvalue weighted by Gasteiger charge is -2.30. The van der Waals surface area contributed by atoms with E-state index in [2.05, 4.69) is 6.92 Å². The van der Waals surface area contributed by atoms with Crippen LogP contribution in [0.1, 0.15) is 43.7 Å². The summed E-state index contributed by atoms with van der Waals surface area (Å²) in [6.07, 6.45) is 2.78. The Morgan fingerprint density at radius 3 is 1.53 bits per heavy atom. The Hall–Kier alpha value is -2.66. The number of benzene rings is 2. The highest BCUT2D eigenvalue weighted by molar-refractivity contribution is 5.74. The standard InChI is InChI=1S/C13H16O2.C12H14O3/c1-10-7-12(8-10)13(14)15-9-11-5-3-2-4-6-11;13-11-6-10(7-11)12(14)15-8-9-4-2-1-3-5-9/h2-6,10,12H,7-9H2,1H3;1-5,10-11,13H,6-8H2. The fourth-order valence-electron chi connectivity index (χ4n) is 3.57. The molecule has 0 spiro atoms. The van der Waals surface area contributed by atoms with Gasteiger partial charge >= 0.3 is 11.9 Å². The maximum Gasteiger partial charge on any atom is 0.309 e. The van der Waals surface area contributed by atoms with Gasteiger partial charge in [-0.25, -0.2) is 0 Å². The number of rotatable bonds is 6. The monoisotopic (exact) mass is 410 g/mol. The Morgan fingerprint density at radius 1 is 0.767 bits per heavy atom. The second-order valence-electron chi connectivity index (χ2n) is 8.28. The van der Waals surface area contributed by atoms with Crippen LogP contribution < -0.4 is 0 Å². The number of aliphatic hydroxyl groups is 1. The van der Waals surface area contributed by atoms with Gasteiger partial charge in [0.05, 0.1) is 17.9 Å². The predicted octanol–water partition coefficient (Wildman–Crippen LogP) is 4.28. The molecule has 2 aliphatic rings. The second-order valence-corrected chi connectivity index (χ2v) is 8.28. The largest absolute Gasteiger partial charge is 0.461 e. The van der Waals surface area contributed by atoms with Crippen molar-refractivity contribution < 1.29 is 24.2 Å². The molecule has 0 atom stereocenters. The number of ether oxygens (including phenoxy) is 2. The summed E-state index contributed by atoms with van der Waals surface area (Å²) < 4.78 is 10.4. The van der Waals surface area contributed by atoms with E-state index in [1.165, 1.54) is 0 Å². The molecule has 2 saturated carbocycles. The first-order valence-electron chi connectivity index (χ1n) is 10.6. The van der Waals surface area contributed by atoms with Gasteiger partial charge in [-0.3, -0.25) is 9.59 Å². The van der Waals surface area contributed by atoms with Gasteiger partial charge in [-0.1, -0.05) is 67.6 Å². The summed E-state index contributed by atoms with van der Waals surface area (Å²) in [5.74, 6) is 0.535. The molecule has 1 N–H and O–H groups in total. The third-order valence-corrected chi connectivity index (χ3v) is 5.60. The van der Waals surface area contributed by atoms with Gasteiger partial charge in [0.25, 0.3) is 0 Å². The Balaban J connectivity index is 0.000000171. The molecule has 0 saturated heterocycles. The first kappa shape index (κ1) is 22.0. The van der Waals surface area contributed by atoms with Gasteiger partial charge in [-0.15, -0.1) is 0 Å². The lowest BCUT2D eigenvalue weighted by atomic mass is 9.76. The Kier molecular flexibility index (Phi) is 8.03. The molecule has 2 aromatic rings. The first-order chi connectivity index (χ1) is 14.5. The zero-order valence-electron chi connectivity index (χ0n) is 17.4. The third-order valence-electron chi connectivity index (χ3n) is 5.60. The van der Waals surface area contributed by atoms with Crippen LogP contribution in [0, 0.1) is 17.8 Å². The van der Waals surface area contributed by atoms with Crippen LogP contribution in [-0.4, -0.2) is 23.1 Å². The summed E-state index contributed by atoms with van der Waals surface area (Å²) in [6, 6.07) is 19.4. The van der Waals surface area contributed by atoms with Crippen molar-refractivity contribution >= 4 is 11.9 Å². The summed E-state index contributed by atoms with van der Waals surface area (Å²) in [7, 11) is 0. The van der Waals surface area contributed by atoms with Gasteiger partial charge in [0.1, 0.15) is 13.2 Å².